The minimum atomic E-state index is 0. The third kappa shape index (κ3) is 6.17. The lowest BCUT2D eigenvalue weighted by atomic mass is 10.2. The molecule has 1 saturated heterocycles. The number of nitrogens with one attached hydrogen (secondary N) is 2. The number of amides is 1. The first-order valence-corrected chi connectivity index (χ1v) is 7.62. The summed E-state index contributed by atoms with van der Waals surface area (Å²) < 4.78 is 5.50. The van der Waals surface area contributed by atoms with Crippen LogP contribution in [-0.4, -0.2) is 43.2 Å². The number of aryl methyl sites for hydroxylation is 2. The van der Waals surface area contributed by atoms with E-state index in [1.54, 1.807) is 11.3 Å². The van der Waals surface area contributed by atoms with Crippen LogP contribution < -0.4 is 10.6 Å². The second-order valence-corrected chi connectivity index (χ2v) is 5.68. The molecule has 20 heavy (non-hydrogen) atoms. The van der Waals surface area contributed by atoms with E-state index in [0.29, 0.717) is 19.6 Å². The van der Waals surface area contributed by atoms with Gasteiger partial charge in [0, 0.05) is 37.1 Å². The Kier molecular flexibility index (Phi) is 8.06. The van der Waals surface area contributed by atoms with Crippen LogP contribution in [0.2, 0.25) is 0 Å². The van der Waals surface area contributed by atoms with Crippen LogP contribution in [0.1, 0.15) is 23.5 Å². The van der Waals surface area contributed by atoms with Crippen LogP contribution in [0.4, 0.5) is 0 Å². The molecule has 0 aliphatic carbocycles. The normalized spacial score (nSPS) is 18.4. The van der Waals surface area contributed by atoms with E-state index >= 15 is 0 Å². The first kappa shape index (κ1) is 17.4. The Labute approximate surface area is 129 Å². The van der Waals surface area contributed by atoms with E-state index in [4.69, 9.17) is 4.74 Å². The van der Waals surface area contributed by atoms with Gasteiger partial charge in [0.25, 0.3) is 0 Å². The number of rotatable bonds is 6. The minimum absolute atomic E-state index is 0. The molecule has 2 rings (SSSR count). The van der Waals surface area contributed by atoms with Gasteiger partial charge in [0.15, 0.2) is 0 Å². The van der Waals surface area contributed by atoms with Crippen molar-refractivity contribution in [3.05, 3.63) is 16.1 Å². The summed E-state index contributed by atoms with van der Waals surface area (Å²) in [5.74, 6) is 0.0732. The Bertz CT molecular complexity index is 408. The Balaban J connectivity index is 0.00000200. The first-order valence-electron chi connectivity index (χ1n) is 6.74. The predicted molar refractivity (Wildman–Crippen MR) is 82.7 cm³/mol. The van der Waals surface area contributed by atoms with E-state index in [9.17, 15) is 4.79 Å². The van der Waals surface area contributed by atoms with Gasteiger partial charge in [-0.2, -0.15) is 0 Å². The number of nitrogens with zero attached hydrogens (tertiary/aromatic N) is 1. The molecule has 2 heterocycles. The van der Waals surface area contributed by atoms with Gasteiger partial charge in [0.2, 0.25) is 5.91 Å². The fourth-order valence-electron chi connectivity index (χ4n) is 2.01. The maximum atomic E-state index is 11.7. The third-order valence-electron chi connectivity index (χ3n) is 2.97. The van der Waals surface area contributed by atoms with Crippen molar-refractivity contribution < 1.29 is 9.53 Å². The Morgan fingerprint density at radius 1 is 1.65 bits per heavy atom. The van der Waals surface area contributed by atoms with Crippen molar-refractivity contribution in [2.75, 3.05) is 26.2 Å². The fourth-order valence-corrected chi connectivity index (χ4v) is 2.83. The van der Waals surface area contributed by atoms with Gasteiger partial charge in [0.05, 0.1) is 24.1 Å². The zero-order chi connectivity index (χ0) is 13.5. The molecular weight excluding hydrogens is 298 g/mol. The van der Waals surface area contributed by atoms with Crippen LogP contribution in [0.15, 0.2) is 5.38 Å². The number of hydrogen-bond donors (Lipinski definition) is 2. The van der Waals surface area contributed by atoms with Gasteiger partial charge < -0.3 is 15.4 Å². The maximum absolute atomic E-state index is 11.7. The largest absolute Gasteiger partial charge is 0.375 e. The summed E-state index contributed by atoms with van der Waals surface area (Å²) in [5.41, 5.74) is 1.07. The molecule has 0 aromatic carbocycles. The average Bonchev–Trinajstić information content (AvgIpc) is 2.82. The van der Waals surface area contributed by atoms with E-state index in [-0.39, 0.29) is 24.4 Å². The highest BCUT2D eigenvalue weighted by molar-refractivity contribution is 7.09. The lowest BCUT2D eigenvalue weighted by Gasteiger charge is -2.23. The Hall–Kier alpha value is -0.690. The zero-order valence-corrected chi connectivity index (χ0v) is 13.3. The molecule has 0 bridgehead atoms. The van der Waals surface area contributed by atoms with Crippen LogP contribution in [-0.2, 0) is 16.0 Å². The molecule has 0 spiro atoms. The van der Waals surface area contributed by atoms with Crippen molar-refractivity contribution in [2.24, 2.45) is 0 Å². The van der Waals surface area contributed by atoms with Crippen molar-refractivity contribution in [1.29, 1.82) is 0 Å². The lowest BCUT2D eigenvalue weighted by Crippen LogP contribution is -2.41. The minimum Gasteiger partial charge on any atom is -0.375 e. The number of carbonyl (C=O) groups excluding carboxylic acids is 1. The quantitative estimate of drug-likeness (QED) is 0.776. The van der Waals surface area contributed by atoms with Crippen molar-refractivity contribution in [1.82, 2.24) is 15.6 Å². The molecule has 1 aliphatic rings. The summed E-state index contributed by atoms with van der Waals surface area (Å²) in [6.07, 6.45) is 2.34. The number of hydrogen-bond acceptors (Lipinski definition) is 5. The SMILES string of the molecule is Cc1csc(CCCNC(=O)CC2CNCCO2)n1.Cl. The number of aromatic nitrogens is 1. The van der Waals surface area contributed by atoms with Crippen molar-refractivity contribution >= 4 is 29.7 Å². The van der Waals surface area contributed by atoms with Crippen molar-refractivity contribution in [3.8, 4) is 0 Å². The molecule has 5 nitrogen and oxygen atoms in total. The van der Waals surface area contributed by atoms with E-state index in [1.807, 2.05) is 6.92 Å². The summed E-state index contributed by atoms with van der Waals surface area (Å²) in [6, 6.07) is 0. The third-order valence-corrected chi connectivity index (χ3v) is 4.00. The van der Waals surface area contributed by atoms with Crippen LogP contribution in [0.3, 0.4) is 0 Å². The van der Waals surface area contributed by atoms with Crippen LogP contribution in [0, 0.1) is 6.92 Å². The molecule has 1 unspecified atom stereocenters. The van der Waals surface area contributed by atoms with E-state index in [2.05, 4.69) is 21.0 Å². The summed E-state index contributed by atoms with van der Waals surface area (Å²) in [7, 11) is 0. The molecule has 0 radical (unpaired) electrons. The molecule has 7 heteroatoms. The van der Waals surface area contributed by atoms with Crippen LogP contribution >= 0.6 is 23.7 Å². The molecular formula is C13H22ClN3O2S. The molecule has 0 saturated carbocycles. The lowest BCUT2D eigenvalue weighted by molar-refractivity contribution is -0.124. The van der Waals surface area contributed by atoms with Gasteiger partial charge in [0.1, 0.15) is 0 Å². The molecule has 1 aromatic rings. The van der Waals surface area contributed by atoms with Gasteiger partial charge in [-0.25, -0.2) is 4.98 Å². The maximum Gasteiger partial charge on any atom is 0.222 e. The smallest absolute Gasteiger partial charge is 0.222 e. The molecule has 1 aliphatic heterocycles. The van der Waals surface area contributed by atoms with Gasteiger partial charge in [-0.3, -0.25) is 4.79 Å². The summed E-state index contributed by atoms with van der Waals surface area (Å²) in [6.45, 7) is 5.05. The molecule has 1 aromatic heterocycles. The molecule has 2 N–H and O–H groups in total. The number of halogens is 1. The molecule has 1 amide bonds. The summed E-state index contributed by atoms with van der Waals surface area (Å²) in [5, 5.41) is 9.36. The Morgan fingerprint density at radius 3 is 3.15 bits per heavy atom. The highest BCUT2D eigenvalue weighted by Gasteiger charge is 2.16. The average molecular weight is 320 g/mol. The second kappa shape index (κ2) is 9.28. The topological polar surface area (TPSA) is 63.2 Å². The molecule has 1 fully saturated rings. The van der Waals surface area contributed by atoms with E-state index < -0.39 is 0 Å². The molecule has 1 atom stereocenters. The first-order chi connectivity index (χ1) is 9.24. The predicted octanol–water partition coefficient (Wildman–Crippen LogP) is 1.30. The standard InChI is InChI=1S/C13H21N3O2S.ClH/c1-10-9-19-13(16-10)3-2-4-15-12(17)7-11-8-14-5-6-18-11;/h9,11,14H,2-8H2,1H3,(H,15,17);1H. The van der Waals surface area contributed by atoms with E-state index in [1.165, 1.54) is 0 Å². The Morgan fingerprint density at radius 2 is 2.50 bits per heavy atom. The van der Waals surface area contributed by atoms with E-state index in [0.717, 1.165) is 36.6 Å². The number of morpholine rings is 1. The number of thiazole rings is 1. The summed E-state index contributed by atoms with van der Waals surface area (Å²) in [4.78, 5) is 16.1. The van der Waals surface area contributed by atoms with Gasteiger partial charge in [-0.15, -0.1) is 23.7 Å². The highest BCUT2D eigenvalue weighted by atomic mass is 35.5. The van der Waals surface area contributed by atoms with Crippen molar-refractivity contribution in [3.63, 3.8) is 0 Å². The van der Waals surface area contributed by atoms with Gasteiger partial charge in [-0.05, 0) is 13.3 Å². The van der Waals surface area contributed by atoms with Crippen LogP contribution in [0.5, 0.6) is 0 Å². The van der Waals surface area contributed by atoms with Crippen molar-refractivity contribution in [2.45, 2.75) is 32.3 Å². The van der Waals surface area contributed by atoms with Gasteiger partial charge >= 0.3 is 0 Å². The van der Waals surface area contributed by atoms with Gasteiger partial charge in [-0.1, -0.05) is 0 Å². The monoisotopic (exact) mass is 319 g/mol. The fraction of sp³-hybridized carbons (Fsp3) is 0.692. The second-order valence-electron chi connectivity index (χ2n) is 4.74. The number of carbonyl (C=O) groups is 1. The molecule has 114 valence electrons. The highest BCUT2D eigenvalue weighted by Crippen LogP contribution is 2.10. The number of ether oxygens (including phenoxy) is 1. The summed E-state index contributed by atoms with van der Waals surface area (Å²) >= 11 is 1.68. The zero-order valence-electron chi connectivity index (χ0n) is 11.7. The van der Waals surface area contributed by atoms with Crippen LogP contribution in [0.25, 0.3) is 0 Å².